The molecule has 0 N–H and O–H groups in total. The minimum Gasteiger partial charge on any atom is -0.375 e. The van der Waals surface area contributed by atoms with Gasteiger partial charge in [0.05, 0.1) is 25.4 Å². The van der Waals surface area contributed by atoms with Gasteiger partial charge in [0.25, 0.3) is 0 Å². The van der Waals surface area contributed by atoms with E-state index < -0.39 is 0 Å². The third kappa shape index (κ3) is 7.88. The van der Waals surface area contributed by atoms with Gasteiger partial charge in [-0.25, -0.2) is 0 Å². The summed E-state index contributed by atoms with van der Waals surface area (Å²) in [6.07, 6.45) is 4.10. The molecular formula is C27H56N4O2. The molecule has 2 fully saturated rings. The fourth-order valence-corrected chi connectivity index (χ4v) is 5.96. The molecule has 2 heterocycles. The Morgan fingerprint density at radius 1 is 0.879 bits per heavy atom. The molecule has 2 aliphatic rings. The van der Waals surface area contributed by atoms with Crippen molar-refractivity contribution in [2.24, 2.45) is 0 Å². The minimum atomic E-state index is 0.0645. The Kier molecular flexibility index (Phi) is 10.2. The van der Waals surface area contributed by atoms with Gasteiger partial charge in [-0.1, -0.05) is 0 Å². The summed E-state index contributed by atoms with van der Waals surface area (Å²) in [4.78, 5) is 9.90. The molecule has 196 valence electrons. The summed E-state index contributed by atoms with van der Waals surface area (Å²) < 4.78 is 12.6. The lowest BCUT2D eigenvalue weighted by molar-refractivity contribution is -0.0464. The second-order valence-corrected chi connectivity index (χ2v) is 12.9. The van der Waals surface area contributed by atoms with Crippen molar-refractivity contribution in [2.45, 2.75) is 110 Å². The van der Waals surface area contributed by atoms with Crippen LogP contribution in [0, 0.1) is 0 Å². The molecule has 0 unspecified atom stereocenters. The first kappa shape index (κ1) is 29.0. The van der Waals surface area contributed by atoms with E-state index in [9.17, 15) is 0 Å². The summed E-state index contributed by atoms with van der Waals surface area (Å²) in [6.45, 7) is 25.7. The lowest BCUT2D eigenvalue weighted by Crippen LogP contribution is -2.56. The highest BCUT2D eigenvalue weighted by molar-refractivity contribution is 5.03. The van der Waals surface area contributed by atoms with Crippen molar-refractivity contribution < 1.29 is 9.47 Å². The van der Waals surface area contributed by atoms with E-state index in [1.165, 1.54) is 0 Å². The van der Waals surface area contributed by atoms with Crippen LogP contribution in [0.1, 0.15) is 74.7 Å². The van der Waals surface area contributed by atoms with E-state index in [0.29, 0.717) is 18.2 Å². The molecule has 0 aromatic carbocycles. The molecule has 2 saturated heterocycles. The van der Waals surface area contributed by atoms with Gasteiger partial charge in [0.1, 0.15) is 0 Å². The van der Waals surface area contributed by atoms with Crippen LogP contribution in [0.3, 0.4) is 0 Å². The van der Waals surface area contributed by atoms with Crippen molar-refractivity contribution in [1.82, 2.24) is 19.6 Å². The van der Waals surface area contributed by atoms with Crippen molar-refractivity contribution in [3.8, 4) is 0 Å². The fourth-order valence-electron chi connectivity index (χ4n) is 5.96. The number of ether oxygens (including phenoxy) is 2. The first-order valence-corrected chi connectivity index (χ1v) is 13.3. The lowest BCUT2D eigenvalue weighted by Gasteiger charge is -2.46. The van der Waals surface area contributed by atoms with E-state index in [2.05, 4.69) is 96.1 Å². The van der Waals surface area contributed by atoms with Gasteiger partial charge in [-0.05, 0) is 102 Å². The van der Waals surface area contributed by atoms with Gasteiger partial charge in [0, 0.05) is 48.8 Å². The van der Waals surface area contributed by atoms with E-state index in [1.54, 1.807) is 0 Å². The van der Waals surface area contributed by atoms with Crippen LogP contribution in [-0.2, 0) is 9.47 Å². The molecule has 0 aromatic rings. The Morgan fingerprint density at radius 3 is 2.09 bits per heavy atom. The van der Waals surface area contributed by atoms with Crippen LogP contribution < -0.4 is 0 Å². The first-order valence-electron chi connectivity index (χ1n) is 13.3. The van der Waals surface area contributed by atoms with Gasteiger partial charge in [-0.3, -0.25) is 9.80 Å². The Labute approximate surface area is 205 Å². The van der Waals surface area contributed by atoms with Crippen LogP contribution in [0.5, 0.6) is 0 Å². The average Bonchev–Trinajstić information content (AvgIpc) is 3.19. The van der Waals surface area contributed by atoms with Gasteiger partial charge >= 0.3 is 0 Å². The SMILES string of the molecule is C[C@@H]1[C@@H](OCCN(C)CCC(C)(C)N2CC[C@@H](OCCN(C)C)C2(C)C)CCN1C(C)(C)C. The first-order chi connectivity index (χ1) is 15.2. The summed E-state index contributed by atoms with van der Waals surface area (Å²) in [6, 6.07) is 0.500. The van der Waals surface area contributed by atoms with Crippen molar-refractivity contribution in [3.63, 3.8) is 0 Å². The Morgan fingerprint density at radius 2 is 1.52 bits per heavy atom. The highest BCUT2D eigenvalue weighted by Crippen LogP contribution is 2.38. The Hall–Kier alpha value is -0.240. The molecule has 2 rings (SSSR count). The molecule has 0 amide bonds. The number of rotatable bonds is 12. The monoisotopic (exact) mass is 468 g/mol. The highest BCUT2D eigenvalue weighted by atomic mass is 16.5. The molecule has 2 aliphatic heterocycles. The van der Waals surface area contributed by atoms with Gasteiger partial charge in [-0.2, -0.15) is 0 Å². The van der Waals surface area contributed by atoms with Crippen molar-refractivity contribution in [1.29, 1.82) is 0 Å². The summed E-state index contributed by atoms with van der Waals surface area (Å²) in [7, 11) is 6.45. The second-order valence-electron chi connectivity index (χ2n) is 12.9. The highest BCUT2D eigenvalue weighted by Gasteiger charge is 2.47. The third-order valence-electron chi connectivity index (χ3n) is 8.14. The standard InChI is InChI=1S/C27H56N4O2/c1-22-23(12-15-30(22)25(2,3)4)32-21-19-29(11)17-14-26(5,6)31-16-13-24(27(31,7)8)33-20-18-28(9)10/h22-24H,12-21H2,1-11H3/t22-,23+,24-/m1/s1. The number of likely N-dealkylation sites (N-methyl/N-ethyl adjacent to an activating group) is 2. The van der Waals surface area contributed by atoms with Gasteiger partial charge < -0.3 is 19.3 Å². The molecule has 0 bridgehead atoms. The van der Waals surface area contributed by atoms with E-state index in [4.69, 9.17) is 9.47 Å². The number of hydrogen-bond acceptors (Lipinski definition) is 6. The Bertz CT molecular complexity index is 587. The van der Waals surface area contributed by atoms with Crippen molar-refractivity contribution in [2.75, 3.05) is 67.1 Å². The zero-order valence-corrected chi connectivity index (χ0v) is 23.9. The van der Waals surface area contributed by atoms with E-state index >= 15 is 0 Å². The number of likely N-dealkylation sites (tertiary alicyclic amines) is 2. The van der Waals surface area contributed by atoms with Crippen LogP contribution in [0.2, 0.25) is 0 Å². The lowest BCUT2D eigenvalue weighted by atomic mass is 9.90. The van der Waals surface area contributed by atoms with Crippen molar-refractivity contribution in [3.05, 3.63) is 0 Å². The molecule has 0 radical (unpaired) electrons. The maximum absolute atomic E-state index is 6.33. The average molecular weight is 469 g/mol. The summed E-state index contributed by atoms with van der Waals surface area (Å²) in [5.74, 6) is 0. The summed E-state index contributed by atoms with van der Waals surface area (Å²) in [5.41, 5.74) is 0.431. The Balaban J connectivity index is 1.75. The molecule has 0 saturated carbocycles. The van der Waals surface area contributed by atoms with Gasteiger partial charge in [0.2, 0.25) is 0 Å². The van der Waals surface area contributed by atoms with Crippen LogP contribution in [0.15, 0.2) is 0 Å². The van der Waals surface area contributed by atoms with E-state index in [-0.39, 0.29) is 16.6 Å². The van der Waals surface area contributed by atoms with Crippen molar-refractivity contribution >= 4 is 0 Å². The van der Waals surface area contributed by atoms with Crippen LogP contribution in [-0.4, -0.2) is 122 Å². The number of hydrogen-bond donors (Lipinski definition) is 0. The maximum atomic E-state index is 6.33. The predicted molar refractivity (Wildman–Crippen MR) is 140 cm³/mol. The maximum Gasteiger partial charge on any atom is 0.0766 e. The molecular weight excluding hydrogens is 412 g/mol. The minimum absolute atomic E-state index is 0.0645. The molecule has 6 nitrogen and oxygen atoms in total. The van der Waals surface area contributed by atoms with Crippen LogP contribution in [0.25, 0.3) is 0 Å². The molecule has 0 aromatic heterocycles. The molecule has 6 heteroatoms. The van der Waals surface area contributed by atoms with Crippen LogP contribution in [0.4, 0.5) is 0 Å². The molecule has 0 spiro atoms. The third-order valence-corrected chi connectivity index (χ3v) is 8.14. The van der Waals surface area contributed by atoms with E-state index in [1.807, 2.05) is 0 Å². The normalized spacial score (nSPS) is 27.4. The molecule has 3 atom stereocenters. The fraction of sp³-hybridized carbons (Fsp3) is 1.00. The zero-order valence-electron chi connectivity index (χ0n) is 23.9. The van der Waals surface area contributed by atoms with Crippen LogP contribution >= 0.6 is 0 Å². The zero-order chi connectivity index (χ0) is 25.0. The van der Waals surface area contributed by atoms with Gasteiger partial charge in [-0.15, -0.1) is 0 Å². The topological polar surface area (TPSA) is 31.4 Å². The molecule has 33 heavy (non-hydrogen) atoms. The second kappa shape index (κ2) is 11.7. The number of nitrogens with zero attached hydrogens (tertiary/aromatic N) is 4. The quantitative estimate of drug-likeness (QED) is 0.433. The molecule has 0 aliphatic carbocycles. The smallest absolute Gasteiger partial charge is 0.0766 e. The summed E-state index contributed by atoms with van der Waals surface area (Å²) in [5, 5.41) is 0. The van der Waals surface area contributed by atoms with E-state index in [0.717, 1.165) is 65.2 Å². The van der Waals surface area contributed by atoms with Gasteiger partial charge in [0.15, 0.2) is 0 Å². The predicted octanol–water partition coefficient (Wildman–Crippen LogP) is 3.80. The largest absolute Gasteiger partial charge is 0.375 e. The summed E-state index contributed by atoms with van der Waals surface area (Å²) >= 11 is 0.